The van der Waals surface area contributed by atoms with E-state index in [4.69, 9.17) is 35.5 Å². The van der Waals surface area contributed by atoms with Crippen molar-refractivity contribution in [2.75, 3.05) is 13.4 Å². The first-order valence-electron chi connectivity index (χ1n) is 13.8. The lowest BCUT2D eigenvalue weighted by Gasteiger charge is -2.22. The Hall–Kier alpha value is -3.56. The minimum atomic E-state index is -0.191. The monoisotopic (exact) mass is 637 g/mol. The molecule has 1 aromatic heterocycles. The Bertz CT molecular complexity index is 1680. The number of halogens is 2. The van der Waals surface area contributed by atoms with Gasteiger partial charge in [-0.15, -0.1) is 0 Å². The van der Waals surface area contributed by atoms with E-state index in [2.05, 4.69) is 21.0 Å². The molecule has 0 atom stereocenters. The normalized spacial score (nSPS) is 15.1. The lowest BCUT2D eigenvalue weighted by molar-refractivity contribution is 0.174. The van der Waals surface area contributed by atoms with Crippen LogP contribution >= 0.6 is 27.5 Å². The summed E-state index contributed by atoms with van der Waals surface area (Å²) in [4.78, 5) is 18.5. The van der Waals surface area contributed by atoms with E-state index in [1.807, 2.05) is 43.3 Å². The Morgan fingerprint density at radius 3 is 2.73 bits per heavy atom. The summed E-state index contributed by atoms with van der Waals surface area (Å²) in [5.41, 5.74) is 2.04. The molecule has 1 fully saturated rings. The van der Waals surface area contributed by atoms with E-state index in [1.165, 1.54) is 11.1 Å². The number of hydrogen-bond donors (Lipinski definition) is 0. The second-order valence-corrected chi connectivity index (χ2v) is 11.2. The van der Waals surface area contributed by atoms with E-state index >= 15 is 0 Å². The van der Waals surface area contributed by atoms with Crippen molar-refractivity contribution in [3.8, 4) is 23.0 Å². The predicted octanol–water partition coefficient (Wildman–Crippen LogP) is 7.45. The number of hydrogen-bond acceptors (Lipinski definition) is 7. The zero-order valence-corrected chi connectivity index (χ0v) is 24.9. The minimum Gasteiger partial charge on any atom is -0.490 e. The molecular formula is C31H29BrClN3O5. The topological polar surface area (TPSA) is 84.2 Å². The van der Waals surface area contributed by atoms with Crippen molar-refractivity contribution in [1.82, 2.24) is 9.66 Å². The Morgan fingerprint density at radius 1 is 1.10 bits per heavy atom. The first-order valence-corrected chi connectivity index (χ1v) is 14.9. The lowest BCUT2D eigenvalue weighted by atomic mass is 9.88. The van der Waals surface area contributed by atoms with Crippen LogP contribution in [0, 0.1) is 0 Å². The first-order chi connectivity index (χ1) is 20.0. The van der Waals surface area contributed by atoms with E-state index < -0.39 is 0 Å². The zero-order valence-electron chi connectivity index (χ0n) is 22.6. The van der Waals surface area contributed by atoms with Gasteiger partial charge in [-0.2, -0.15) is 9.78 Å². The molecule has 1 aliphatic heterocycles. The number of rotatable bonds is 8. The van der Waals surface area contributed by atoms with Crippen molar-refractivity contribution in [3.05, 3.63) is 85.3 Å². The highest BCUT2D eigenvalue weighted by atomic mass is 79.9. The van der Waals surface area contributed by atoms with E-state index in [-0.39, 0.29) is 24.9 Å². The summed E-state index contributed by atoms with van der Waals surface area (Å²) in [5, 5.41) is 5.54. The highest BCUT2D eigenvalue weighted by Gasteiger charge is 2.23. The van der Waals surface area contributed by atoms with Crippen LogP contribution in [0.2, 0.25) is 5.02 Å². The Labute approximate surface area is 251 Å². The molecule has 3 aromatic carbocycles. The maximum atomic E-state index is 13.6. The highest BCUT2D eigenvalue weighted by molar-refractivity contribution is 9.10. The molecule has 0 unspecified atom stereocenters. The van der Waals surface area contributed by atoms with Gasteiger partial charge in [0.15, 0.2) is 23.0 Å². The van der Waals surface area contributed by atoms with Crippen LogP contribution < -0.4 is 24.5 Å². The minimum absolute atomic E-state index is 0.177. The molecule has 10 heteroatoms. The second kappa shape index (κ2) is 12.1. The highest BCUT2D eigenvalue weighted by Crippen LogP contribution is 2.43. The van der Waals surface area contributed by atoms with Crippen molar-refractivity contribution in [3.63, 3.8) is 0 Å². The summed E-state index contributed by atoms with van der Waals surface area (Å²) in [6.07, 6.45) is 7.02. The molecule has 41 heavy (non-hydrogen) atoms. The number of aromatic nitrogens is 2. The van der Waals surface area contributed by atoms with Crippen LogP contribution in [0.25, 0.3) is 10.9 Å². The molecule has 2 aliphatic rings. The van der Waals surface area contributed by atoms with Gasteiger partial charge in [-0.1, -0.05) is 49.1 Å². The number of ether oxygens (including phenoxy) is 4. The summed E-state index contributed by atoms with van der Waals surface area (Å²) < 4.78 is 24.9. The Morgan fingerprint density at radius 2 is 1.90 bits per heavy atom. The van der Waals surface area contributed by atoms with Crippen LogP contribution in [-0.2, 0) is 6.61 Å². The van der Waals surface area contributed by atoms with Gasteiger partial charge in [-0.3, -0.25) is 4.79 Å². The molecule has 8 nitrogen and oxygen atoms in total. The van der Waals surface area contributed by atoms with Crippen LogP contribution in [0.5, 0.6) is 23.0 Å². The molecular weight excluding hydrogens is 610 g/mol. The van der Waals surface area contributed by atoms with Crippen molar-refractivity contribution >= 4 is 44.6 Å². The summed E-state index contributed by atoms with van der Waals surface area (Å²) in [5.74, 6) is 3.14. The molecule has 6 rings (SSSR count). The van der Waals surface area contributed by atoms with Crippen molar-refractivity contribution in [1.29, 1.82) is 0 Å². The largest absolute Gasteiger partial charge is 0.490 e. The van der Waals surface area contributed by atoms with Crippen LogP contribution in [0.3, 0.4) is 0 Å². The van der Waals surface area contributed by atoms with Crippen LogP contribution in [-0.4, -0.2) is 29.3 Å². The third-order valence-corrected chi connectivity index (χ3v) is 8.78. The van der Waals surface area contributed by atoms with Crippen molar-refractivity contribution < 1.29 is 18.9 Å². The SMILES string of the molecule is CCOc1cc(C=Nn2c(C3CCCCC3)nc3ccccc3c2=O)c(Br)c(Cl)c1OCc1ccc2c(c1)OCO2. The third kappa shape index (κ3) is 5.65. The van der Waals surface area contributed by atoms with Gasteiger partial charge in [0, 0.05) is 16.0 Å². The molecule has 0 radical (unpaired) electrons. The van der Waals surface area contributed by atoms with Gasteiger partial charge in [0.2, 0.25) is 6.79 Å². The number of benzene rings is 3. The number of fused-ring (bicyclic) bond motifs is 2. The Balaban J connectivity index is 1.35. The molecule has 212 valence electrons. The lowest BCUT2D eigenvalue weighted by Crippen LogP contribution is -2.25. The standard InChI is InChI=1S/C31H29BrClN3O5/c1-2-38-26-15-21(27(32)28(33)29(26)39-17-19-12-13-24-25(14-19)41-18-40-24)16-34-36-30(20-8-4-3-5-9-20)35-23-11-7-6-10-22(23)31(36)37/h6-7,10-16,20H,2-5,8-9,17-18H2,1H3. The summed E-state index contributed by atoms with van der Waals surface area (Å²) >= 11 is 10.4. The average molecular weight is 639 g/mol. The summed E-state index contributed by atoms with van der Waals surface area (Å²) in [6.45, 7) is 2.76. The zero-order chi connectivity index (χ0) is 28.3. The molecule has 4 aromatic rings. The van der Waals surface area contributed by atoms with Crippen molar-refractivity contribution in [2.45, 2.75) is 51.6 Å². The smallest absolute Gasteiger partial charge is 0.282 e. The van der Waals surface area contributed by atoms with Gasteiger partial charge in [0.05, 0.1) is 23.7 Å². The van der Waals surface area contributed by atoms with E-state index in [0.29, 0.717) is 61.4 Å². The molecule has 0 spiro atoms. The predicted molar refractivity (Wildman–Crippen MR) is 162 cm³/mol. The van der Waals surface area contributed by atoms with E-state index in [0.717, 1.165) is 31.2 Å². The molecule has 0 saturated heterocycles. The third-order valence-electron chi connectivity index (χ3n) is 7.34. The van der Waals surface area contributed by atoms with Gasteiger partial charge in [-0.05, 0) is 71.6 Å². The summed E-state index contributed by atoms with van der Waals surface area (Å²) in [7, 11) is 0. The fraction of sp³-hybridized carbons (Fsp3) is 0.323. The van der Waals surface area contributed by atoms with Gasteiger partial charge in [0.25, 0.3) is 5.56 Å². The van der Waals surface area contributed by atoms with Gasteiger partial charge >= 0.3 is 0 Å². The maximum absolute atomic E-state index is 13.6. The van der Waals surface area contributed by atoms with Crippen LogP contribution in [0.15, 0.2) is 62.9 Å². The quantitative estimate of drug-likeness (QED) is 0.187. The molecule has 0 N–H and O–H groups in total. The fourth-order valence-corrected chi connectivity index (χ4v) is 5.93. The van der Waals surface area contributed by atoms with Gasteiger partial charge < -0.3 is 18.9 Å². The molecule has 0 bridgehead atoms. The first kappa shape index (κ1) is 27.6. The average Bonchev–Trinajstić information content (AvgIpc) is 3.47. The van der Waals surface area contributed by atoms with Gasteiger partial charge in [0.1, 0.15) is 17.5 Å². The van der Waals surface area contributed by atoms with Crippen LogP contribution in [0.4, 0.5) is 0 Å². The molecule has 1 aliphatic carbocycles. The molecule has 1 saturated carbocycles. The number of para-hydroxylation sites is 1. The maximum Gasteiger partial charge on any atom is 0.282 e. The molecule has 2 heterocycles. The van der Waals surface area contributed by atoms with E-state index in [9.17, 15) is 4.79 Å². The van der Waals surface area contributed by atoms with Crippen LogP contribution in [0.1, 0.15) is 61.9 Å². The Kier molecular flexibility index (Phi) is 8.16. The second-order valence-electron chi connectivity index (χ2n) is 10.0. The van der Waals surface area contributed by atoms with E-state index in [1.54, 1.807) is 18.3 Å². The van der Waals surface area contributed by atoms with Gasteiger partial charge in [-0.25, -0.2) is 4.98 Å². The number of nitrogens with zero attached hydrogens (tertiary/aromatic N) is 3. The fourth-order valence-electron chi connectivity index (χ4n) is 5.28. The summed E-state index contributed by atoms with van der Waals surface area (Å²) in [6, 6.07) is 14.9. The van der Waals surface area contributed by atoms with Crippen molar-refractivity contribution in [2.24, 2.45) is 5.10 Å². The molecule has 0 amide bonds.